The molecule has 0 spiro atoms. The van der Waals surface area contributed by atoms with E-state index in [0.717, 1.165) is 5.56 Å². The zero-order chi connectivity index (χ0) is 12.4. The van der Waals surface area contributed by atoms with E-state index < -0.39 is 0 Å². The predicted octanol–water partition coefficient (Wildman–Crippen LogP) is 1.55. The molecule has 0 radical (unpaired) electrons. The lowest BCUT2D eigenvalue weighted by Crippen LogP contribution is -2.11. The summed E-state index contributed by atoms with van der Waals surface area (Å²) >= 11 is 4.98. The summed E-state index contributed by atoms with van der Waals surface area (Å²) in [6, 6.07) is 5.88. The summed E-state index contributed by atoms with van der Waals surface area (Å²) in [6.45, 7) is 1.92. The lowest BCUT2D eigenvalue weighted by molar-refractivity contribution is 0.435. The number of nitrogens with two attached hydrogens (primary N) is 1. The third kappa shape index (κ3) is 2.42. The van der Waals surface area contributed by atoms with E-state index in [1.807, 2.05) is 25.1 Å². The molecule has 88 valence electrons. The van der Waals surface area contributed by atoms with Gasteiger partial charge in [0.15, 0.2) is 0 Å². The highest BCUT2D eigenvalue weighted by atomic mass is 32.1. The first-order valence-electron chi connectivity index (χ1n) is 5.01. The monoisotopic (exact) mass is 248 g/mol. The summed E-state index contributed by atoms with van der Waals surface area (Å²) in [7, 11) is 1.77. The maximum Gasteiger partial charge on any atom is 0.341 e. The van der Waals surface area contributed by atoms with Crippen LogP contribution in [-0.2, 0) is 7.05 Å². The molecule has 2 rings (SSSR count). The van der Waals surface area contributed by atoms with E-state index in [2.05, 4.69) is 10.1 Å². The van der Waals surface area contributed by atoms with Crippen LogP contribution in [0.4, 0.5) is 0 Å². The topological polar surface area (TPSA) is 66.0 Å². The van der Waals surface area contributed by atoms with Crippen LogP contribution in [0.3, 0.4) is 0 Å². The number of rotatable bonds is 3. The molecule has 0 bridgehead atoms. The fourth-order valence-corrected chi connectivity index (χ4v) is 1.60. The summed E-state index contributed by atoms with van der Waals surface area (Å²) in [4.78, 5) is 4.29. The molecule has 1 aromatic heterocycles. The summed E-state index contributed by atoms with van der Waals surface area (Å²) in [6.07, 6.45) is 1.56. The molecule has 2 aromatic rings. The molecule has 1 aromatic carbocycles. The maximum absolute atomic E-state index is 5.65. The van der Waals surface area contributed by atoms with Crippen LogP contribution >= 0.6 is 12.2 Å². The molecule has 0 fully saturated rings. The molecule has 17 heavy (non-hydrogen) atoms. The number of benzene rings is 1. The van der Waals surface area contributed by atoms with Gasteiger partial charge in [0, 0.05) is 7.05 Å². The minimum Gasteiger partial charge on any atom is -0.422 e. The third-order valence-corrected chi connectivity index (χ3v) is 2.47. The van der Waals surface area contributed by atoms with Gasteiger partial charge in [-0.05, 0) is 18.6 Å². The van der Waals surface area contributed by atoms with Gasteiger partial charge in [0.1, 0.15) is 17.1 Å². The summed E-state index contributed by atoms with van der Waals surface area (Å²) in [5.74, 6) is 0.603. The van der Waals surface area contributed by atoms with Gasteiger partial charge in [-0.25, -0.2) is 0 Å². The van der Waals surface area contributed by atoms with E-state index in [4.69, 9.17) is 22.7 Å². The number of nitrogens with zero attached hydrogens (tertiary/aromatic N) is 3. The highest BCUT2D eigenvalue weighted by Gasteiger charge is 2.12. The molecule has 0 aliphatic heterocycles. The standard InChI is InChI=1S/C11H12N4OS/c1-7-4-3-5-8(10(12)17)9(7)16-11-13-6-15(2)14-11/h3-6H,1-2H3,(H2,12,17). The second-order valence-electron chi connectivity index (χ2n) is 3.62. The van der Waals surface area contributed by atoms with Gasteiger partial charge in [-0.2, -0.15) is 4.98 Å². The maximum atomic E-state index is 5.65. The Labute approximate surface area is 104 Å². The fraction of sp³-hybridized carbons (Fsp3) is 0.182. The average molecular weight is 248 g/mol. The van der Waals surface area contributed by atoms with E-state index in [0.29, 0.717) is 16.3 Å². The van der Waals surface area contributed by atoms with E-state index >= 15 is 0 Å². The first kappa shape index (κ1) is 11.5. The minimum absolute atomic E-state index is 0.277. The number of hydrogen-bond acceptors (Lipinski definition) is 4. The van der Waals surface area contributed by atoms with Crippen molar-refractivity contribution in [3.8, 4) is 11.8 Å². The first-order chi connectivity index (χ1) is 8.08. The van der Waals surface area contributed by atoms with Gasteiger partial charge in [-0.1, -0.05) is 24.4 Å². The molecule has 2 N–H and O–H groups in total. The van der Waals surface area contributed by atoms with Crippen LogP contribution in [0.2, 0.25) is 0 Å². The van der Waals surface area contributed by atoms with Crippen molar-refractivity contribution < 1.29 is 4.74 Å². The Morgan fingerprint density at radius 3 is 2.82 bits per heavy atom. The molecular formula is C11H12N4OS. The molecule has 0 saturated heterocycles. The third-order valence-electron chi connectivity index (χ3n) is 2.25. The van der Waals surface area contributed by atoms with Crippen molar-refractivity contribution in [2.75, 3.05) is 0 Å². The highest BCUT2D eigenvalue weighted by Crippen LogP contribution is 2.26. The van der Waals surface area contributed by atoms with Crippen LogP contribution in [0.15, 0.2) is 24.5 Å². The summed E-state index contributed by atoms with van der Waals surface area (Å²) in [5.41, 5.74) is 7.27. The van der Waals surface area contributed by atoms with Gasteiger partial charge in [-0.15, -0.1) is 5.10 Å². The number of hydrogen-bond donors (Lipinski definition) is 1. The summed E-state index contributed by atoms with van der Waals surface area (Å²) in [5, 5.41) is 4.05. The quantitative estimate of drug-likeness (QED) is 0.835. The van der Waals surface area contributed by atoms with Crippen LogP contribution in [0, 0.1) is 6.92 Å². The highest BCUT2D eigenvalue weighted by molar-refractivity contribution is 7.80. The molecule has 0 aliphatic rings. The molecule has 0 saturated carbocycles. The Bertz CT molecular complexity index is 564. The molecule has 0 aliphatic carbocycles. The number of para-hydroxylation sites is 1. The second kappa shape index (κ2) is 4.50. The van der Waals surface area contributed by atoms with Gasteiger partial charge in [0.25, 0.3) is 0 Å². The Morgan fingerprint density at radius 1 is 1.47 bits per heavy atom. The number of thiocarbonyl (C=S) groups is 1. The van der Waals surface area contributed by atoms with Crippen molar-refractivity contribution in [2.45, 2.75) is 6.92 Å². The van der Waals surface area contributed by atoms with E-state index in [1.54, 1.807) is 18.1 Å². The lowest BCUT2D eigenvalue weighted by atomic mass is 10.1. The average Bonchev–Trinajstić information content (AvgIpc) is 2.67. The fourth-order valence-electron chi connectivity index (χ4n) is 1.44. The minimum atomic E-state index is 0.277. The number of ether oxygens (including phenoxy) is 1. The van der Waals surface area contributed by atoms with Gasteiger partial charge >= 0.3 is 6.01 Å². The zero-order valence-electron chi connectivity index (χ0n) is 9.54. The van der Waals surface area contributed by atoms with Crippen molar-refractivity contribution >= 4 is 17.2 Å². The number of aryl methyl sites for hydroxylation is 2. The van der Waals surface area contributed by atoms with Gasteiger partial charge in [0.05, 0.1) is 5.56 Å². The smallest absolute Gasteiger partial charge is 0.341 e. The molecule has 5 nitrogen and oxygen atoms in total. The lowest BCUT2D eigenvalue weighted by Gasteiger charge is -2.10. The Kier molecular flexibility index (Phi) is 3.06. The zero-order valence-corrected chi connectivity index (χ0v) is 10.4. The van der Waals surface area contributed by atoms with Gasteiger partial charge < -0.3 is 10.5 Å². The molecule has 1 heterocycles. The van der Waals surface area contributed by atoms with E-state index in [-0.39, 0.29) is 6.01 Å². The first-order valence-corrected chi connectivity index (χ1v) is 5.41. The van der Waals surface area contributed by atoms with E-state index in [1.165, 1.54) is 0 Å². The van der Waals surface area contributed by atoms with Crippen molar-refractivity contribution in [1.82, 2.24) is 14.8 Å². The number of aromatic nitrogens is 3. The van der Waals surface area contributed by atoms with Crippen LogP contribution in [0.1, 0.15) is 11.1 Å². The molecule has 0 amide bonds. The predicted molar refractivity (Wildman–Crippen MR) is 68.1 cm³/mol. The van der Waals surface area contributed by atoms with Crippen molar-refractivity contribution in [2.24, 2.45) is 12.8 Å². The van der Waals surface area contributed by atoms with Crippen LogP contribution in [-0.4, -0.2) is 19.8 Å². The van der Waals surface area contributed by atoms with Crippen molar-refractivity contribution in [3.63, 3.8) is 0 Å². The Hall–Kier alpha value is -1.95. The summed E-state index contributed by atoms with van der Waals surface area (Å²) < 4.78 is 7.18. The normalized spacial score (nSPS) is 10.2. The largest absolute Gasteiger partial charge is 0.422 e. The van der Waals surface area contributed by atoms with E-state index in [9.17, 15) is 0 Å². The van der Waals surface area contributed by atoms with Gasteiger partial charge in [-0.3, -0.25) is 4.68 Å². The Balaban J connectivity index is 2.40. The Morgan fingerprint density at radius 2 is 2.24 bits per heavy atom. The molecular weight excluding hydrogens is 236 g/mol. The second-order valence-corrected chi connectivity index (χ2v) is 4.06. The molecule has 0 atom stereocenters. The van der Waals surface area contributed by atoms with Crippen LogP contribution in [0.25, 0.3) is 0 Å². The molecule has 6 heteroatoms. The van der Waals surface area contributed by atoms with Crippen LogP contribution < -0.4 is 10.5 Å². The van der Waals surface area contributed by atoms with Crippen LogP contribution in [0.5, 0.6) is 11.8 Å². The van der Waals surface area contributed by atoms with Crippen molar-refractivity contribution in [3.05, 3.63) is 35.7 Å². The molecule has 0 unspecified atom stereocenters. The van der Waals surface area contributed by atoms with Gasteiger partial charge in [0.2, 0.25) is 0 Å². The van der Waals surface area contributed by atoms with Crippen molar-refractivity contribution in [1.29, 1.82) is 0 Å². The SMILES string of the molecule is Cc1cccc(C(N)=S)c1Oc1ncn(C)n1.